The number of thioether (sulfide) groups is 2. The lowest BCUT2D eigenvalue weighted by molar-refractivity contribution is 0.284. The number of aliphatic hydroxyl groups excluding tert-OH is 2. The van der Waals surface area contributed by atoms with Gasteiger partial charge < -0.3 is 10.2 Å². The molecule has 98 valence electrons. The SMILES string of the molecule is CC(O)SCCCCCCCCSCCO. The Morgan fingerprint density at radius 3 is 2.00 bits per heavy atom. The van der Waals surface area contributed by atoms with Crippen LogP contribution in [0.1, 0.15) is 45.4 Å². The molecule has 0 bridgehead atoms. The van der Waals surface area contributed by atoms with E-state index in [1.165, 1.54) is 44.3 Å². The van der Waals surface area contributed by atoms with E-state index >= 15 is 0 Å². The van der Waals surface area contributed by atoms with Crippen molar-refractivity contribution in [2.24, 2.45) is 0 Å². The Morgan fingerprint density at radius 1 is 0.875 bits per heavy atom. The van der Waals surface area contributed by atoms with Crippen LogP contribution in [0.15, 0.2) is 0 Å². The van der Waals surface area contributed by atoms with E-state index in [0.29, 0.717) is 6.61 Å². The fourth-order valence-corrected chi connectivity index (χ4v) is 2.89. The van der Waals surface area contributed by atoms with E-state index in [9.17, 15) is 0 Å². The number of rotatable bonds is 12. The quantitative estimate of drug-likeness (QED) is 0.420. The fraction of sp³-hybridized carbons (Fsp3) is 1.00. The molecule has 4 heteroatoms. The molecule has 0 radical (unpaired) electrons. The van der Waals surface area contributed by atoms with Crippen LogP contribution in [0.3, 0.4) is 0 Å². The zero-order valence-electron chi connectivity index (χ0n) is 10.4. The van der Waals surface area contributed by atoms with Crippen molar-refractivity contribution in [3.8, 4) is 0 Å². The lowest BCUT2D eigenvalue weighted by Gasteiger charge is -2.04. The maximum atomic E-state index is 9.04. The molecule has 0 fully saturated rings. The lowest BCUT2D eigenvalue weighted by Crippen LogP contribution is -1.94. The Balaban J connectivity index is 2.88. The van der Waals surface area contributed by atoms with Crippen LogP contribution in [-0.4, -0.2) is 39.5 Å². The average molecular weight is 266 g/mol. The fourth-order valence-electron chi connectivity index (χ4n) is 1.43. The second-order valence-corrected chi connectivity index (χ2v) is 6.58. The molecule has 0 aromatic heterocycles. The monoisotopic (exact) mass is 266 g/mol. The summed E-state index contributed by atoms with van der Waals surface area (Å²) in [5.41, 5.74) is -0.205. The highest BCUT2D eigenvalue weighted by atomic mass is 32.2. The van der Waals surface area contributed by atoms with Gasteiger partial charge >= 0.3 is 0 Å². The summed E-state index contributed by atoms with van der Waals surface area (Å²) in [6, 6.07) is 0. The molecule has 0 aromatic carbocycles. The summed E-state index contributed by atoms with van der Waals surface area (Å²) < 4.78 is 0. The highest BCUT2D eigenvalue weighted by Gasteiger charge is 1.96. The standard InChI is InChI=1S/C12H26O2S2/c1-12(14)16-10-7-5-3-2-4-6-9-15-11-8-13/h12-14H,2-11H2,1H3. The Kier molecular flexibility index (Phi) is 14.2. The van der Waals surface area contributed by atoms with E-state index in [2.05, 4.69) is 0 Å². The third-order valence-electron chi connectivity index (χ3n) is 2.28. The number of hydrogen-bond acceptors (Lipinski definition) is 4. The molecule has 2 nitrogen and oxygen atoms in total. The summed E-state index contributed by atoms with van der Waals surface area (Å²) in [6.45, 7) is 2.14. The summed E-state index contributed by atoms with van der Waals surface area (Å²) >= 11 is 3.48. The van der Waals surface area contributed by atoms with Crippen LogP contribution in [0.25, 0.3) is 0 Å². The third kappa shape index (κ3) is 14.6. The highest BCUT2D eigenvalue weighted by molar-refractivity contribution is 7.99. The molecule has 0 aromatic rings. The van der Waals surface area contributed by atoms with Gasteiger partial charge in [0.25, 0.3) is 0 Å². The molecule has 0 spiro atoms. The van der Waals surface area contributed by atoms with Gasteiger partial charge in [-0.15, -0.1) is 11.8 Å². The molecule has 0 saturated carbocycles. The topological polar surface area (TPSA) is 40.5 Å². The first-order chi connectivity index (χ1) is 7.77. The second kappa shape index (κ2) is 13.7. The smallest absolute Gasteiger partial charge is 0.0964 e. The predicted octanol–water partition coefficient (Wildman–Crippen LogP) is 3.12. The van der Waals surface area contributed by atoms with Crippen molar-refractivity contribution in [3.05, 3.63) is 0 Å². The first-order valence-electron chi connectivity index (χ1n) is 6.25. The van der Waals surface area contributed by atoms with Crippen molar-refractivity contribution in [1.82, 2.24) is 0 Å². The van der Waals surface area contributed by atoms with Crippen molar-refractivity contribution in [2.75, 3.05) is 23.9 Å². The second-order valence-electron chi connectivity index (χ2n) is 3.93. The van der Waals surface area contributed by atoms with Crippen molar-refractivity contribution in [2.45, 2.75) is 50.9 Å². The normalized spacial score (nSPS) is 12.9. The van der Waals surface area contributed by atoms with Crippen LogP contribution in [-0.2, 0) is 0 Å². The molecule has 1 atom stereocenters. The summed E-state index contributed by atoms with van der Waals surface area (Å²) in [4.78, 5) is 0. The van der Waals surface area contributed by atoms with Gasteiger partial charge in [-0.1, -0.05) is 25.7 Å². The Labute approximate surface area is 109 Å². The van der Waals surface area contributed by atoms with E-state index in [4.69, 9.17) is 10.2 Å². The predicted molar refractivity (Wildman–Crippen MR) is 76.3 cm³/mol. The van der Waals surface area contributed by atoms with Crippen LogP contribution >= 0.6 is 23.5 Å². The zero-order valence-corrected chi connectivity index (χ0v) is 12.0. The van der Waals surface area contributed by atoms with Crippen LogP contribution in [0.4, 0.5) is 0 Å². The summed E-state index contributed by atoms with van der Waals surface area (Å²) in [5.74, 6) is 3.17. The van der Waals surface area contributed by atoms with Crippen molar-refractivity contribution in [3.63, 3.8) is 0 Å². The largest absolute Gasteiger partial charge is 0.396 e. The minimum atomic E-state index is -0.205. The van der Waals surface area contributed by atoms with Gasteiger partial charge in [-0.2, -0.15) is 11.8 Å². The molecular weight excluding hydrogens is 240 g/mol. The number of unbranched alkanes of at least 4 members (excludes halogenated alkanes) is 5. The summed E-state index contributed by atoms with van der Waals surface area (Å²) in [5, 5.41) is 17.6. The molecule has 16 heavy (non-hydrogen) atoms. The van der Waals surface area contributed by atoms with Crippen LogP contribution < -0.4 is 0 Å². The first-order valence-corrected chi connectivity index (χ1v) is 8.46. The average Bonchev–Trinajstić information content (AvgIpc) is 2.25. The summed E-state index contributed by atoms with van der Waals surface area (Å²) in [6.07, 6.45) is 7.79. The Bertz CT molecular complexity index is 132. The zero-order chi connectivity index (χ0) is 12.1. The molecule has 2 N–H and O–H groups in total. The molecule has 0 heterocycles. The van der Waals surface area contributed by atoms with Gasteiger partial charge in [0.2, 0.25) is 0 Å². The Morgan fingerprint density at radius 2 is 1.44 bits per heavy atom. The first kappa shape index (κ1) is 16.6. The van der Waals surface area contributed by atoms with Crippen molar-refractivity contribution >= 4 is 23.5 Å². The molecule has 0 saturated heterocycles. The highest BCUT2D eigenvalue weighted by Crippen LogP contribution is 2.13. The molecule has 0 aliphatic carbocycles. The van der Waals surface area contributed by atoms with Crippen molar-refractivity contribution < 1.29 is 10.2 Å². The Hall–Kier alpha value is 0.620. The van der Waals surface area contributed by atoms with Gasteiger partial charge in [0, 0.05) is 5.75 Å². The molecule has 0 amide bonds. The maximum absolute atomic E-state index is 9.04. The van der Waals surface area contributed by atoms with Gasteiger partial charge in [0.05, 0.1) is 12.0 Å². The molecule has 0 aliphatic heterocycles. The van der Waals surface area contributed by atoms with Crippen LogP contribution in [0.5, 0.6) is 0 Å². The molecular formula is C12H26O2S2. The number of hydrogen-bond donors (Lipinski definition) is 2. The van der Waals surface area contributed by atoms with E-state index in [1.807, 2.05) is 18.7 Å². The van der Waals surface area contributed by atoms with Gasteiger partial charge in [0.15, 0.2) is 0 Å². The third-order valence-corrected chi connectivity index (χ3v) is 4.33. The minimum absolute atomic E-state index is 0.205. The van der Waals surface area contributed by atoms with Gasteiger partial charge in [-0.05, 0) is 31.3 Å². The van der Waals surface area contributed by atoms with E-state index < -0.39 is 0 Å². The van der Waals surface area contributed by atoms with Gasteiger partial charge in [-0.3, -0.25) is 0 Å². The van der Waals surface area contributed by atoms with Crippen molar-refractivity contribution in [1.29, 1.82) is 0 Å². The lowest BCUT2D eigenvalue weighted by atomic mass is 10.1. The molecule has 0 rings (SSSR count). The minimum Gasteiger partial charge on any atom is -0.396 e. The van der Waals surface area contributed by atoms with Crippen LogP contribution in [0, 0.1) is 0 Å². The molecule has 1 unspecified atom stereocenters. The van der Waals surface area contributed by atoms with E-state index in [1.54, 1.807) is 11.8 Å². The van der Waals surface area contributed by atoms with Crippen LogP contribution in [0.2, 0.25) is 0 Å². The van der Waals surface area contributed by atoms with E-state index in [0.717, 1.165) is 11.5 Å². The molecule has 0 aliphatic rings. The van der Waals surface area contributed by atoms with Gasteiger partial charge in [-0.25, -0.2) is 0 Å². The van der Waals surface area contributed by atoms with E-state index in [-0.39, 0.29) is 5.44 Å². The summed E-state index contributed by atoms with van der Waals surface area (Å²) in [7, 11) is 0. The number of aliphatic hydroxyl groups is 2. The van der Waals surface area contributed by atoms with Gasteiger partial charge in [0.1, 0.15) is 0 Å². The maximum Gasteiger partial charge on any atom is 0.0964 e.